The first-order valence-electron chi connectivity index (χ1n) is 8.99. The van der Waals surface area contributed by atoms with Crippen LogP contribution in [-0.2, 0) is 6.18 Å². The Morgan fingerprint density at radius 2 is 1.74 bits per heavy atom. The smallest absolute Gasteiger partial charge is 0.299 e. The van der Waals surface area contributed by atoms with Crippen molar-refractivity contribution in [1.82, 2.24) is 9.55 Å². The van der Waals surface area contributed by atoms with Gasteiger partial charge in [-0.1, -0.05) is 59.6 Å². The summed E-state index contributed by atoms with van der Waals surface area (Å²) in [5, 5.41) is 10.9. The molecular weight excluding hydrogens is 446 g/mol. The molecule has 0 aliphatic heterocycles. The van der Waals surface area contributed by atoms with Crippen molar-refractivity contribution in [2.75, 3.05) is 0 Å². The highest BCUT2D eigenvalue weighted by molar-refractivity contribution is 6.32. The SMILES string of the molecule is N#CC(=Cc1ccccc1Cl)c1cn(-c2ncc(C(F)(F)F)cc2Cl)c2ccccc12. The van der Waals surface area contributed by atoms with E-state index in [0.29, 0.717) is 27.2 Å². The van der Waals surface area contributed by atoms with E-state index in [1.54, 1.807) is 47.2 Å². The van der Waals surface area contributed by atoms with Crippen molar-refractivity contribution < 1.29 is 13.2 Å². The molecule has 0 unspecified atom stereocenters. The van der Waals surface area contributed by atoms with Crippen molar-refractivity contribution in [3.05, 3.63) is 93.7 Å². The maximum Gasteiger partial charge on any atom is 0.417 e. The zero-order valence-corrected chi connectivity index (χ0v) is 17.2. The molecule has 0 bridgehead atoms. The third-order valence-corrected chi connectivity index (χ3v) is 5.33. The van der Waals surface area contributed by atoms with E-state index >= 15 is 0 Å². The molecule has 0 N–H and O–H groups in total. The molecule has 2 aromatic carbocycles. The second-order valence-corrected chi connectivity index (χ2v) is 7.46. The monoisotopic (exact) mass is 457 g/mol. The highest BCUT2D eigenvalue weighted by atomic mass is 35.5. The Morgan fingerprint density at radius 1 is 1.03 bits per heavy atom. The molecule has 31 heavy (non-hydrogen) atoms. The average Bonchev–Trinajstić information content (AvgIpc) is 3.12. The summed E-state index contributed by atoms with van der Waals surface area (Å²) in [6.45, 7) is 0. The minimum Gasteiger partial charge on any atom is -0.299 e. The topological polar surface area (TPSA) is 41.6 Å². The molecule has 3 nitrogen and oxygen atoms in total. The van der Waals surface area contributed by atoms with Gasteiger partial charge in [0.05, 0.1) is 27.7 Å². The highest BCUT2D eigenvalue weighted by Gasteiger charge is 2.32. The van der Waals surface area contributed by atoms with Crippen molar-refractivity contribution in [2.24, 2.45) is 0 Å². The van der Waals surface area contributed by atoms with Crippen LogP contribution in [0.4, 0.5) is 13.2 Å². The predicted molar refractivity (Wildman–Crippen MR) is 116 cm³/mol. The van der Waals surface area contributed by atoms with E-state index in [1.165, 1.54) is 0 Å². The number of para-hydroxylation sites is 1. The van der Waals surface area contributed by atoms with Gasteiger partial charge in [-0.25, -0.2) is 4.98 Å². The van der Waals surface area contributed by atoms with E-state index in [9.17, 15) is 18.4 Å². The van der Waals surface area contributed by atoms with Gasteiger partial charge in [0.15, 0.2) is 5.82 Å². The van der Waals surface area contributed by atoms with E-state index in [4.69, 9.17) is 23.2 Å². The van der Waals surface area contributed by atoms with Crippen molar-refractivity contribution >= 4 is 45.8 Å². The van der Waals surface area contributed by atoms with Gasteiger partial charge in [0, 0.05) is 28.4 Å². The molecule has 0 amide bonds. The molecule has 4 rings (SSSR count). The Balaban J connectivity index is 1.92. The largest absolute Gasteiger partial charge is 0.417 e. The van der Waals surface area contributed by atoms with Crippen LogP contribution in [-0.4, -0.2) is 9.55 Å². The number of nitrogens with zero attached hydrogens (tertiary/aromatic N) is 3. The molecule has 8 heteroatoms. The van der Waals surface area contributed by atoms with Gasteiger partial charge < -0.3 is 0 Å². The van der Waals surface area contributed by atoms with Crippen LogP contribution in [0.3, 0.4) is 0 Å². The first-order chi connectivity index (χ1) is 14.8. The van der Waals surface area contributed by atoms with Gasteiger partial charge in [-0.05, 0) is 29.8 Å². The van der Waals surface area contributed by atoms with E-state index < -0.39 is 11.7 Å². The van der Waals surface area contributed by atoms with Crippen molar-refractivity contribution in [1.29, 1.82) is 5.26 Å². The summed E-state index contributed by atoms with van der Waals surface area (Å²) in [7, 11) is 0. The Morgan fingerprint density at radius 3 is 2.42 bits per heavy atom. The van der Waals surface area contributed by atoms with E-state index in [1.807, 2.05) is 18.2 Å². The second kappa shape index (κ2) is 8.10. The number of allylic oxidation sites excluding steroid dienone is 1. The molecule has 0 atom stereocenters. The number of nitriles is 1. The zero-order chi connectivity index (χ0) is 22.2. The lowest BCUT2D eigenvalue weighted by molar-refractivity contribution is -0.137. The zero-order valence-electron chi connectivity index (χ0n) is 15.7. The molecule has 0 spiro atoms. The van der Waals surface area contributed by atoms with Gasteiger partial charge in [-0.2, -0.15) is 18.4 Å². The molecule has 0 saturated heterocycles. The molecule has 0 radical (unpaired) electrons. The van der Waals surface area contributed by atoms with Gasteiger partial charge in [0.1, 0.15) is 0 Å². The molecule has 154 valence electrons. The normalized spacial score (nSPS) is 12.2. The van der Waals surface area contributed by atoms with Crippen LogP contribution >= 0.6 is 23.2 Å². The van der Waals surface area contributed by atoms with E-state index in [2.05, 4.69) is 11.1 Å². The number of hydrogen-bond donors (Lipinski definition) is 0. The second-order valence-electron chi connectivity index (χ2n) is 6.65. The lowest BCUT2D eigenvalue weighted by atomic mass is 10.0. The molecule has 2 aromatic heterocycles. The number of benzene rings is 2. The Bertz CT molecular complexity index is 1360. The Hall–Kier alpha value is -3.27. The Kier molecular flexibility index (Phi) is 5.48. The fourth-order valence-corrected chi connectivity index (χ4v) is 3.70. The summed E-state index contributed by atoms with van der Waals surface area (Å²) < 4.78 is 40.5. The van der Waals surface area contributed by atoms with Crippen molar-refractivity contribution in [3.63, 3.8) is 0 Å². The van der Waals surface area contributed by atoms with Crippen molar-refractivity contribution in [3.8, 4) is 11.9 Å². The number of rotatable bonds is 3. The first kappa shape index (κ1) is 21.0. The molecule has 0 fully saturated rings. The van der Waals surface area contributed by atoms with Crippen molar-refractivity contribution in [2.45, 2.75) is 6.18 Å². The predicted octanol–water partition coefficient (Wildman–Crippen LogP) is 7.42. The molecule has 0 aliphatic carbocycles. The maximum absolute atomic E-state index is 13.0. The molecular formula is C23H12Cl2F3N3. The van der Waals surface area contributed by atoms with Crippen LogP contribution < -0.4 is 0 Å². The molecule has 0 saturated carbocycles. The number of pyridine rings is 1. The first-order valence-corrected chi connectivity index (χ1v) is 9.75. The van der Waals surface area contributed by atoms with Gasteiger partial charge in [0.2, 0.25) is 0 Å². The summed E-state index contributed by atoms with van der Waals surface area (Å²) in [6, 6.07) is 17.3. The summed E-state index contributed by atoms with van der Waals surface area (Å²) in [5.41, 5.74) is 1.30. The summed E-state index contributed by atoms with van der Waals surface area (Å²) in [4.78, 5) is 3.95. The van der Waals surface area contributed by atoms with Gasteiger partial charge in [-0.3, -0.25) is 4.57 Å². The lowest BCUT2D eigenvalue weighted by Gasteiger charge is -2.10. The lowest BCUT2D eigenvalue weighted by Crippen LogP contribution is -2.07. The third kappa shape index (κ3) is 4.02. The number of halogens is 5. The number of hydrogen-bond acceptors (Lipinski definition) is 2. The molecule has 2 heterocycles. The third-order valence-electron chi connectivity index (χ3n) is 4.70. The number of alkyl halides is 3. The van der Waals surface area contributed by atoms with E-state index in [0.717, 1.165) is 17.6 Å². The van der Waals surface area contributed by atoms with Crippen LogP contribution in [0.5, 0.6) is 0 Å². The van der Waals surface area contributed by atoms with Gasteiger partial charge >= 0.3 is 6.18 Å². The van der Waals surface area contributed by atoms with Crippen LogP contribution in [0.15, 0.2) is 67.0 Å². The molecule has 4 aromatic rings. The van der Waals surface area contributed by atoms with Crippen LogP contribution in [0.2, 0.25) is 10.0 Å². The number of fused-ring (bicyclic) bond motifs is 1. The van der Waals surface area contributed by atoms with Gasteiger partial charge in [0.25, 0.3) is 0 Å². The summed E-state index contributed by atoms with van der Waals surface area (Å²) >= 11 is 12.4. The fraction of sp³-hybridized carbons (Fsp3) is 0.0435. The minimum atomic E-state index is -4.55. The fourth-order valence-electron chi connectivity index (χ4n) is 3.25. The van der Waals surface area contributed by atoms with Crippen LogP contribution in [0.25, 0.3) is 28.4 Å². The van der Waals surface area contributed by atoms with Gasteiger partial charge in [-0.15, -0.1) is 0 Å². The highest BCUT2D eigenvalue weighted by Crippen LogP contribution is 2.35. The Labute approximate surface area is 185 Å². The average molecular weight is 458 g/mol. The van der Waals surface area contributed by atoms with E-state index in [-0.39, 0.29) is 10.8 Å². The maximum atomic E-state index is 13.0. The number of aromatic nitrogens is 2. The summed E-state index contributed by atoms with van der Waals surface area (Å²) in [5.74, 6) is 0.132. The molecule has 0 aliphatic rings. The minimum absolute atomic E-state index is 0.132. The van der Waals surface area contributed by atoms with Crippen LogP contribution in [0, 0.1) is 11.3 Å². The summed E-state index contributed by atoms with van der Waals surface area (Å²) in [6.07, 6.45) is -0.514. The van der Waals surface area contributed by atoms with Crippen LogP contribution in [0.1, 0.15) is 16.7 Å². The quantitative estimate of drug-likeness (QED) is 0.300. The standard InChI is InChI=1S/C23H12Cl2F3N3/c24-19-7-3-1-5-14(19)9-15(11-29)18-13-31(21-8-4-2-6-17(18)21)22-20(25)10-16(12-30-22)23(26,27)28/h1-10,12-13H.